The molecule has 1 heterocycles. The number of benzene rings is 1. The lowest BCUT2D eigenvalue weighted by molar-refractivity contribution is -0.133. The van der Waals surface area contributed by atoms with E-state index in [4.69, 9.17) is 0 Å². The van der Waals surface area contributed by atoms with Crippen LogP contribution in [0.1, 0.15) is 54.4 Å². The van der Waals surface area contributed by atoms with Crippen molar-refractivity contribution < 1.29 is 19.2 Å². The Morgan fingerprint density at radius 2 is 1.83 bits per heavy atom. The summed E-state index contributed by atoms with van der Waals surface area (Å²) < 4.78 is 0. The summed E-state index contributed by atoms with van der Waals surface area (Å²) in [5.74, 6) is -0.346. The summed E-state index contributed by atoms with van der Waals surface area (Å²) in [6.07, 6.45) is 4.01. The third kappa shape index (κ3) is 4.41. The molecule has 1 spiro atoms. The molecule has 1 aromatic carbocycles. The predicted octanol–water partition coefficient (Wildman–Crippen LogP) is 1.65. The Labute approximate surface area is 170 Å². The SMILES string of the molecule is CNC(=O)c1ccc(CN(C)C(=O)CCCN2C(=O)NC3(CCCC3)C2=O)cc1. The highest BCUT2D eigenvalue weighted by molar-refractivity contribution is 6.07. The minimum Gasteiger partial charge on any atom is -0.355 e. The molecular formula is C21H28N4O4. The molecular weight excluding hydrogens is 372 g/mol. The first-order chi connectivity index (χ1) is 13.9. The van der Waals surface area contributed by atoms with Gasteiger partial charge in [-0.2, -0.15) is 0 Å². The Morgan fingerprint density at radius 1 is 1.17 bits per heavy atom. The van der Waals surface area contributed by atoms with Crippen molar-refractivity contribution in [2.75, 3.05) is 20.6 Å². The molecule has 3 rings (SSSR count). The highest BCUT2D eigenvalue weighted by Gasteiger charge is 2.52. The van der Waals surface area contributed by atoms with E-state index < -0.39 is 5.54 Å². The van der Waals surface area contributed by atoms with E-state index in [9.17, 15) is 19.2 Å². The van der Waals surface area contributed by atoms with Crippen molar-refractivity contribution >= 4 is 23.8 Å². The smallest absolute Gasteiger partial charge is 0.325 e. The minimum absolute atomic E-state index is 0.0528. The van der Waals surface area contributed by atoms with Crippen LogP contribution in [0.5, 0.6) is 0 Å². The number of urea groups is 1. The summed E-state index contributed by atoms with van der Waals surface area (Å²) in [4.78, 5) is 51.6. The molecule has 8 heteroatoms. The molecule has 2 aliphatic rings. The molecule has 8 nitrogen and oxygen atoms in total. The summed E-state index contributed by atoms with van der Waals surface area (Å²) in [5.41, 5.74) is 0.795. The van der Waals surface area contributed by atoms with Gasteiger partial charge in [-0.15, -0.1) is 0 Å². The number of hydrogen-bond donors (Lipinski definition) is 2. The lowest BCUT2D eigenvalue weighted by Gasteiger charge is -2.20. The van der Waals surface area contributed by atoms with E-state index in [1.807, 2.05) is 12.1 Å². The Balaban J connectivity index is 1.46. The van der Waals surface area contributed by atoms with Crippen LogP contribution >= 0.6 is 0 Å². The molecule has 0 radical (unpaired) electrons. The molecule has 1 aromatic rings. The van der Waals surface area contributed by atoms with Crippen molar-refractivity contribution in [3.05, 3.63) is 35.4 Å². The Morgan fingerprint density at radius 3 is 2.45 bits per heavy atom. The Hall–Kier alpha value is -2.90. The van der Waals surface area contributed by atoms with Gasteiger partial charge in [0.1, 0.15) is 5.54 Å². The van der Waals surface area contributed by atoms with Gasteiger partial charge in [-0.05, 0) is 37.0 Å². The van der Waals surface area contributed by atoms with Crippen LogP contribution in [0.3, 0.4) is 0 Å². The van der Waals surface area contributed by atoms with Crippen molar-refractivity contribution in [3.8, 4) is 0 Å². The number of nitrogens with one attached hydrogen (secondary N) is 2. The van der Waals surface area contributed by atoms with E-state index in [0.29, 0.717) is 31.4 Å². The minimum atomic E-state index is -0.696. The Bertz CT molecular complexity index is 799. The van der Waals surface area contributed by atoms with Gasteiger partial charge in [-0.1, -0.05) is 25.0 Å². The summed E-state index contributed by atoms with van der Waals surface area (Å²) >= 11 is 0. The number of hydrogen-bond acceptors (Lipinski definition) is 4. The molecule has 2 N–H and O–H groups in total. The number of imide groups is 1. The molecule has 1 aliphatic heterocycles. The summed E-state index contributed by atoms with van der Waals surface area (Å²) in [6.45, 7) is 0.686. The zero-order valence-corrected chi connectivity index (χ0v) is 17.0. The van der Waals surface area contributed by atoms with Gasteiger partial charge in [-0.3, -0.25) is 19.3 Å². The van der Waals surface area contributed by atoms with Crippen LogP contribution in [0.25, 0.3) is 0 Å². The van der Waals surface area contributed by atoms with Crippen LogP contribution in [0.4, 0.5) is 4.79 Å². The summed E-state index contributed by atoms with van der Waals surface area (Å²) in [5, 5.41) is 5.42. The van der Waals surface area contributed by atoms with E-state index in [-0.39, 0.29) is 36.7 Å². The van der Waals surface area contributed by atoms with Crippen LogP contribution in [-0.2, 0) is 16.1 Å². The summed E-state index contributed by atoms with van der Waals surface area (Å²) in [7, 11) is 3.30. The number of rotatable bonds is 7. The van der Waals surface area contributed by atoms with E-state index in [0.717, 1.165) is 18.4 Å². The first-order valence-electron chi connectivity index (χ1n) is 10.1. The number of carbonyl (C=O) groups excluding carboxylic acids is 4. The van der Waals surface area contributed by atoms with E-state index >= 15 is 0 Å². The molecule has 29 heavy (non-hydrogen) atoms. The van der Waals surface area contributed by atoms with Gasteiger partial charge in [0.05, 0.1) is 0 Å². The molecule has 0 atom stereocenters. The maximum absolute atomic E-state index is 12.6. The van der Waals surface area contributed by atoms with Gasteiger partial charge >= 0.3 is 6.03 Å². The fourth-order valence-corrected chi connectivity index (χ4v) is 4.04. The fourth-order valence-electron chi connectivity index (χ4n) is 4.04. The highest BCUT2D eigenvalue weighted by atomic mass is 16.2. The first kappa shape index (κ1) is 20.8. The van der Waals surface area contributed by atoms with Crippen LogP contribution in [-0.4, -0.2) is 59.7 Å². The van der Waals surface area contributed by atoms with Gasteiger partial charge in [-0.25, -0.2) is 4.79 Å². The molecule has 0 unspecified atom stereocenters. The number of nitrogens with zero attached hydrogens (tertiary/aromatic N) is 2. The second-order valence-electron chi connectivity index (χ2n) is 7.81. The van der Waals surface area contributed by atoms with Crippen molar-refractivity contribution in [3.63, 3.8) is 0 Å². The van der Waals surface area contributed by atoms with E-state index in [2.05, 4.69) is 10.6 Å². The van der Waals surface area contributed by atoms with Gasteiger partial charge in [0, 0.05) is 39.2 Å². The van der Waals surface area contributed by atoms with E-state index in [1.165, 1.54) is 4.90 Å². The lowest BCUT2D eigenvalue weighted by Crippen LogP contribution is -2.44. The quantitative estimate of drug-likeness (QED) is 0.680. The average Bonchev–Trinajstić information content (AvgIpc) is 3.28. The molecule has 1 saturated carbocycles. The zero-order valence-electron chi connectivity index (χ0n) is 17.0. The average molecular weight is 400 g/mol. The van der Waals surface area contributed by atoms with Crippen LogP contribution in [0.15, 0.2) is 24.3 Å². The maximum atomic E-state index is 12.6. The lowest BCUT2D eigenvalue weighted by atomic mass is 9.98. The number of amides is 5. The molecule has 0 bridgehead atoms. The third-order valence-corrected chi connectivity index (χ3v) is 5.76. The molecule has 0 aromatic heterocycles. The predicted molar refractivity (Wildman–Crippen MR) is 107 cm³/mol. The second-order valence-corrected chi connectivity index (χ2v) is 7.81. The monoisotopic (exact) mass is 400 g/mol. The van der Waals surface area contributed by atoms with Gasteiger partial charge in [0.25, 0.3) is 11.8 Å². The van der Waals surface area contributed by atoms with Gasteiger partial charge in [0.15, 0.2) is 0 Å². The zero-order chi connectivity index (χ0) is 21.0. The summed E-state index contributed by atoms with van der Waals surface area (Å²) in [6, 6.07) is 6.76. The van der Waals surface area contributed by atoms with Crippen molar-refractivity contribution in [2.45, 2.75) is 50.6 Å². The standard InChI is InChI=1S/C21H28N4O4/c1-22-18(27)16-9-7-15(8-10-16)14-24(2)17(26)6-5-13-25-19(28)21(23-20(25)29)11-3-4-12-21/h7-10H,3-6,11-14H2,1-2H3,(H,22,27)(H,23,29). The van der Waals surface area contributed by atoms with Gasteiger partial charge in [0.2, 0.25) is 5.91 Å². The maximum Gasteiger partial charge on any atom is 0.325 e. The van der Waals surface area contributed by atoms with Crippen molar-refractivity contribution in [1.82, 2.24) is 20.4 Å². The Kier molecular flexibility index (Phi) is 6.20. The van der Waals surface area contributed by atoms with Crippen LogP contribution in [0.2, 0.25) is 0 Å². The topological polar surface area (TPSA) is 98.8 Å². The third-order valence-electron chi connectivity index (χ3n) is 5.76. The van der Waals surface area contributed by atoms with Crippen LogP contribution in [0, 0.1) is 0 Å². The highest BCUT2D eigenvalue weighted by Crippen LogP contribution is 2.35. The fraction of sp³-hybridized carbons (Fsp3) is 0.524. The molecule has 1 saturated heterocycles. The van der Waals surface area contributed by atoms with Crippen molar-refractivity contribution in [2.24, 2.45) is 0 Å². The molecule has 5 amide bonds. The molecule has 1 aliphatic carbocycles. The molecule has 2 fully saturated rings. The van der Waals surface area contributed by atoms with Gasteiger partial charge < -0.3 is 15.5 Å². The van der Waals surface area contributed by atoms with Crippen LogP contribution < -0.4 is 10.6 Å². The van der Waals surface area contributed by atoms with E-state index in [1.54, 1.807) is 31.1 Å². The number of carbonyl (C=O) groups is 4. The largest absolute Gasteiger partial charge is 0.355 e. The first-order valence-corrected chi connectivity index (χ1v) is 10.1. The second kappa shape index (κ2) is 8.63. The van der Waals surface area contributed by atoms with Crippen molar-refractivity contribution in [1.29, 1.82) is 0 Å². The molecule has 156 valence electrons. The normalized spacial score (nSPS) is 17.5.